The molecule has 582 valence electrons. The molecule has 0 atom stereocenters. The molecule has 0 amide bonds. The van der Waals surface area contributed by atoms with E-state index in [1.54, 1.807) is 0 Å². The number of aromatic nitrogens is 4. The van der Waals surface area contributed by atoms with Crippen LogP contribution in [0, 0.1) is 0 Å². The van der Waals surface area contributed by atoms with Crippen molar-refractivity contribution < 1.29 is 6.85 Å². The van der Waals surface area contributed by atoms with E-state index in [-0.39, 0.29) is 44.7 Å². The van der Waals surface area contributed by atoms with E-state index in [9.17, 15) is 5.48 Å². The van der Waals surface area contributed by atoms with E-state index in [1.807, 2.05) is 42.5 Å². The number of hydrogen-bond donors (Lipinski definition) is 0. The molecule has 0 saturated carbocycles. The molecule has 118 heavy (non-hydrogen) atoms. The second-order valence-electron chi connectivity index (χ2n) is 38.6. The van der Waals surface area contributed by atoms with Crippen molar-refractivity contribution in [2.75, 3.05) is 9.80 Å². The van der Waals surface area contributed by atoms with Crippen LogP contribution in [0.5, 0.6) is 0 Å². The summed E-state index contributed by atoms with van der Waals surface area (Å²) in [6.45, 7) is 40.9. The molecular weight excluding hydrogens is 1430 g/mol. The lowest BCUT2D eigenvalue weighted by Gasteiger charge is -2.46. The molecule has 0 N–H and O–H groups in total. The van der Waals surface area contributed by atoms with Crippen molar-refractivity contribution in [3.05, 3.63) is 343 Å². The highest BCUT2D eigenvalue weighted by Crippen LogP contribution is 2.56. The second-order valence-corrected chi connectivity index (χ2v) is 38.6. The fourth-order valence-electron chi connectivity index (χ4n) is 17.4. The Balaban J connectivity index is 1.10. The van der Waals surface area contributed by atoms with Crippen LogP contribution in [0.15, 0.2) is 309 Å². The second kappa shape index (κ2) is 28.7. The summed E-state index contributed by atoms with van der Waals surface area (Å²) in [5, 5.41) is 2.27. The van der Waals surface area contributed by atoms with Crippen LogP contribution in [0.4, 0.5) is 34.1 Å². The lowest BCUT2D eigenvalue weighted by molar-refractivity contribution is 0.569. The standard InChI is InChI=1S/C111H105BN6/c1-106(2,3)79-51-55-94-89(62-79)90-63-80(107(4,5)6)52-56-95(90)116(94)85-68-98-100-99(69-85)118(102-88(73-43-31-22-32-44-73)66-84(111(16,17)18)67-91(102)105-114-103(74-45-33-23-34-46-74)113-104(115-105)75-47-35-24-36-48-75)96-59-76(70-37-25-19-26-38-70)49-53-92(96)112(100)93-54-50-77(78-57-81(108(7,8)9)61-82(58-78)109(10,11)12)60-97(93)117(98)101-86(71-39-27-20-28-40-71)64-83(110(13,14)15)65-87(101)72-41-29-21-30-42-72/h19-69H,1-18H3/i19D,25D,26D,37D,38D. The van der Waals surface area contributed by atoms with Gasteiger partial charge in [-0.25, -0.2) is 15.0 Å². The Hall–Kier alpha value is -12.4. The number of rotatable bonds is 11. The Morgan fingerprint density at radius 3 is 0.983 bits per heavy atom. The van der Waals surface area contributed by atoms with Crippen molar-refractivity contribution in [3.8, 4) is 95.5 Å². The monoisotopic (exact) mass is 1540 g/mol. The summed E-state index contributed by atoms with van der Waals surface area (Å²) in [4.78, 5) is 22.0. The molecule has 6 nitrogen and oxygen atoms in total. The molecular formula is C111H105BN6. The number of anilines is 6. The lowest BCUT2D eigenvalue weighted by Crippen LogP contribution is -2.61. The highest BCUT2D eigenvalue weighted by atomic mass is 15.2. The van der Waals surface area contributed by atoms with Crippen molar-refractivity contribution in [2.24, 2.45) is 0 Å². The van der Waals surface area contributed by atoms with Crippen LogP contribution in [0.25, 0.3) is 117 Å². The van der Waals surface area contributed by atoms with E-state index in [1.165, 1.54) is 27.8 Å². The molecule has 2 aliphatic heterocycles. The highest BCUT2D eigenvalue weighted by molar-refractivity contribution is 7.00. The van der Waals surface area contributed by atoms with Gasteiger partial charge in [-0.15, -0.1) is 0 Å². The van der Waals surface area contributed by atoms with Gasteiger partial charge < -0.3 is 14.4 Å². The Kier molecular flexibility index (Phi) is 17.3. The van der Waals surface area contributed by atoms with Crippen molar-refractivity contribution in [1.29, 1.82) is 0 Å². The largest absolute Gasteiger partial charge is 0.310 e. The average Bonchev–Trinajstić information content (AvgIpc) is 1.32. The third-order valence-corrected chi connectivity index (χ3v) is 24.2. The maximum atomic E-state index is 9.92. The molecule has 0 radical (unpaired) electrons. The molecule has 0 spiro atoms. The third kappa shape index (κ3) is 13.9. The first-order chi connectivity index (χ1) is 58.4. The lowest BCUT2D eigenvalue weighted by atomic mass is 9.33. The first-order valence-electron chi connectivity index (χ1n) is 44.2. The number of nitrogens with zero attached hydrogens (tertiary/aromatic N) is 6. The normalized spacial score (nSPS) is 13.7. The summed E-state index contributed by atoms with van der Waals surface area (Å²) >= 11 is 0. The molecule has 14 aromatic carbocycles. The summed E-state index contributed by atoms with van der Waals surface area (Å²) in [6, 6.07) is 100. The van der Waals surface area contributed by atoms with Crippen LogP contribution >= 0.6 is 0 Å². The van der Waals surface area contributed by atoms with Gasteiger partial charge in [0.1, 0.15) is 0 Å². The molecule has 0 unspecified atom stereocenters. The van der Waals surface area contributed by atoms with E-state index in [4.69, 9.17) is 16.3 Å². The van der Waals surface area contributed by atoms with E-state index in [0.717, 1.165) is 145 Å². The van der Waals surface area contributed by atoms with Gasteiger partial charge in [-0.05, 0) is 194 Å². The predicted octanol–water partition coefficient (Wildman–Crippen LogP) is 28.2. The fraction of sp³-hybridized carbons (Fsp3) is 0.216. The molecule has 18 rings (SSSR count). The van der Waals surface area contributed by atoms with Crippen LogP contribution in [0.3, 0.4) is 0 Å². The Morgan fingerprint density at radius 1 is 0.263 bits per heavy atom. The Labute approximate surface area is 706 Å². The molecule has 16 aromatic rings. The smallest absolute Gasteiger partial charge is 0.252 e. The van der Waals surface area contributed by atoms with Crippen LogP contribution < -0.4 is 26.2 Å². The molecule has 0 aliphatic carbocycles. The highest BCUT2D eigenvalue weighted by Gasteiger charge is 2.47. The van der Waals surface area contributed by atoms with Gasteiger partial charge in [-0.2, -0.15) is 0 Å². The zero-order valence-electron chi connectivity index (χ0n) is 76.3. The maximum Gasteiger partial charge on any atom is 0.252 e. The fourth-order valence-corrected chi connectivity index (χ4v) is 17.4. The van der Waals surface area contributed by atoms with Gasteiger partial charge in [0, 0.05) is 66.9 Å². The number of hydrogen-bond acceptors (Lipinski definition) is 5. The topological polar surface area (TPSA) is 50.1 Å². The van der Waals surface area contributed by atoms with Gasteiger partial charge in [0.2, 0.25) is 0 Å². The molecule has 7 heteroatoms. The van der Waals surface area contributed by atoms with Crippen LogP contribution in [-0.2, 0) is 32.5 Å². The van der Waals surface area contributed by atoms with Crippen LogP contribution in [0.1, 0.15) is 165 Å². The van der Waals surface area contributed by atoms with Crippen molar-refractivity contribution in [2.45, 2.75) is 157 Å². The molecule has 0 fully saturated rings. The van der Waals surface area contributed by atoms with E-state index in [0.29, 0.717) is 23.0 Å². The first kappa shape index (κ1) is 70.9. The Bertz CT molecular complexity index is 6670. The quantitative estimate of drug-likeness (QED) is 0.121. The van der Waals surface area contributed by atoms with Gasteiger partial charge in [-0.1, -0.05) is 361 Å². The summed E-state index contributed by atoms with van der Waals surface area (Å²) in [5.74, 6) is 1.43. The summed E-state index contributed by atoms with van der Waals surface area (Å²) in [6.07, 6.45) is 0. The minimum absolute atomic E-state index is 0.0927. The summed E-state index contributed by atoms with van der Waals surface area (Å²) < 4.78 is 50.2. The van der Waals surface area contributed by atoms with Gasteiger partial charge in [0.25, 0.3) is 6.71 Å². The van der Waals surface area contributed by atoms with Crippen molar-refractivity contribution in [1.82, 2.24) is 19.5 Å². The van der Waals surface area contributed by atoms with E-state index >= 15 is 0 Å². The molecule has 4 heterocycles. The van der Waals surface area contributed by atoms with Gasteiger partial charge in [0.05, 0.1) is 34.9 Å². The summed E-state index contributed by atoms with van der Waals surface area (Å²) in [5.41, 5.74) is 28.0. The zero-order valence-corrected chi connectivity index (χ0v) is 71.3. The van der Waals surface area contributed by atoms with Crippen LogP contribution in [-0.4, -0.2) is 26.2 Å². The molecule has 0 saturated heterocycles. The number of fused-ring (bicyclic) bond motifs is 7. The first-order valence-corrected chi connectivity index (χ1v) is 41.7. The van der Waals surface area contributed by atoms with Crippen LogP contribution in [0.2, 0.25) is 0 Å². The molecule has 0 bridgehead atoms. The van der Waals surface area contributed by atoms with Gasteiger partial charge in [-0.3, -0.25) is 0 Å². The maximum absolute atomic E-state index is 9.92. The SMILES string of the molecule is [2H]c1c([2H])c([2H])c(-c2ccc3c(c2)N(c2c(-c4ccccc4)cc(C(C)(C)C)cc2-c2nc(-c4ccccc4)nc(-c4ccccc4)n2)c2cc(-n4c5ccc(C(C)(C)C)cc5c5cc(C(C)(C)C)ccc54)cc4c2B3c2ccc(-c3cc(C(C)(C)C)cc(C(C)(C)C)c3)cc2N4c2c(-c3ccccc3)cc(C(C)(C)C)cc2-c2ccccc2)c([2H])c1[2H]. The minimum Gasteiger partial charge on any atom is -0.310 e. The van der Waals surface area contributed by atoms with Crippen molar-refractivity contribution in [3.63, 3.8) is 0 Å². The average molecular weight is 1540 g/mol. The number of benzene rings is 14. The van der Waals surface area contributed by atoms with Crippen molar-refractivity contribution >= 4 is 79.0 Å². The van der Waals surface area contributed by atoms with Gasteiger partial charge in [0.15, 0.2) is 17.5 Å². The molecule has 2 aliphatic rings. The Morgan fingerprint density at radius 2 is 0.602 bits per heavy atom. The predicted molar refractivity (Wildman–Crippen MR) is 504 cm³/mol. The summed E-state index contributed by atoms with van der Waals surface area (Å²) in [7, 11) is 0. The van der Waals surface area contributed by atoms with Gasteiger partial charge >= 0.3 is 0 Å². The third-order valence-electron chi connectivity index (χ3n) is 24.2. The zero-order chi connectivity index (χ0) is 86.6. The van der Waals surface area contributed by atoms with E-state index in [2.05, 4.69) is 376 Å². The van der Waals surface area contributed by atoms with E-state index < -0.39 is 30.3 Å². The molecule has 2 aromatic heterocycles. The minimum atomic E-state index is -0.546.